The molecule has 7 heteroatoms. The van der Waals surface area contributed by atoms with Crippen LogP contribution in [0.4, 0.5) is 0 Å². The summed E-state index contributed by atoms with van der Waals surface area (Å²) in [5.74, 6) is 0.426. The van der Waals surface area contributed by atoms with Gasteiger partial charge in [0.25, 0.3) is 5.56 Å². The molecule has 4 rings (SSSR count). The first kappa shape index (κ1) is 15.3. The van der Waals surface area contributed by atoms with Crippen LogP contribution in [-0.2, 0) is 19.4 Å². The van der Waals surface area contributed by atoms with Crippen LogP contribution in [-0.4, -0.2) is 24.9 Å². The molecular formula is C17H15BrN4O2. The van der Waals surface area contributed by atoms with E-state index in [9.17, 15) is 9.59 Å². The van der Waals surface area contributed by atoms with E-state index in [2.05, 4.69) is 26.0 Å². The van der Waals surface area contributed by atoms with Crippen LogP contribution in [0.25, 0.3) is 5.78 Å². The van der Waals surface area contributed by atoms with Gasteiger partial charge in [0, 0.05) is 21.3 Å². The van der Waals surface area contributed by atoms with Crippen LogP contribution in [0.15, 0.2) is 39.9 Å². The summed E-state index contributed by atoms with van der Waals surface area (Å²) < 4.78 is 4.09. The Kier molecular flexibility index (Phi) is 3.80. The third-order valence-corrected chi connectivity index (χ3v) is 4.98. The van der Waals surface area contributed by atoms with E-state index in [0.29, 0.717) is 11.3 Å². The second-order valence-corrected chi connectivity index (χ2v) is 6.84. The van der Waals surface area contributed by atoms with Gasteiger partial charge in [-0.2, -0.15) is 14.6 Å². The highest BCUT2D eigenvalue weighted by atomic mass is 79.9. The zero-order valence-corrected chi connectivity index (χ0v) is 14.5. The van der Waals surface area contributed by atoms with Crippen molar-refractivity contribution >= 4 is 27.5 Å². The molecular weight excluding hydrogens is 372 g/mol. The molecule has 0 saturated carbocycles. The average molecular weight is 387 g/mol. The second kappa shape index (κ2) is 5.98. The zero-order valence-electron chi connectivity index (χ0n) is 12.9. The number of hydrogen-bond donors (Lipinski definition) is 0. The van der Waals surface area contributed by atoms with Gasteiger partial charge in [-0.05, 0) is 37.8 Å². The van der Waals surface area contributed by atoms with Crippen LogP contribution < -0.4 is 5.56 Å². The first-order valence-corrected chi connectivity index (χ1v) is 8.67. The normalized spacial score (nSPS) is 13.9. The lowest BCUT2D eigenvalue weighted by Crippen LogP contribution is -2.30. The molecule has 2 aromatic heterocycles. The summed E-state index contributed by atoms with van der Waals surface area (Å²) in [6.45, 7) is 0.159. The number of fused-ring (bicyclic) bond motifs is 2. The Morgan fingerprint density at radius 3 is 2.71 bits per heavy atom. The number of ketones is 1. The summed E-state index contributed by atoms with van der Waals surface area (Å²) in [5, 5.41) is 4.03. The van der Waals surface area contributed by atoms with Gasteiger partial charge < -0.3 is 4.57 Å². The van der Waals surface area contributed by atoms with Crippen LogP contribution in [0, 0.1) is 0 Å². The van der Waals surface area contributed by atoms with Crippen molar-refractivity contribution in [2.24, 2.45) is 0 Å². The number of Topliss-reactive ketones (excluding diaryl/α,β-unsaturated/α-hetero) is 1. The number of nitrogens with zero attached hydrogens (tertiary/aromatic N) is 4. The number of aromatic nitrogens is 4. The van der Waals surface area contributed by atoms with Crippen molar-refractivity contribution in [3.05, 3.63) is 62.2 Å². The summed E-state index contributed by atoms with van der Waals surface area (Å²) in [7, 11) is 0. The molecule has 1 aromatic carbocycles. The van der Waals surface area contributed by atoms with Crippen molar-refractivity contribution in [1.82, 2.24) is 19.2 Å². The van der Waals surface area contributed by atoms with Crippen LogP contribution in [0.2, 0.25) is 0 Å². The van der Waals surface area contributed by atoms with E-state index in [-0.39, 0.29) is 17.9 Å². The monoisotopic (exact) mass is 386 g/mol. The van der Waals surface area contributed by atoms with Gasteiger partial charge in [0.2, 0.25) is 5.78 Å². The van der Waals surface area contributed by atoms with E-state index in [1.165, 1.54) is 10.8 Å². The van der Waals surface area contributed by atoms with Crippen molar-refractivity contribution in [3.8, 4) is 0 Å². The Labute approximate surface area is 146 Å². The summed E-state index contributed by atoms with van der Waals surface area (Å²) in [5.41, 5.74) is 2.23. The van der Waals surface area contributed by atoms with Gasteiger partial charge in [-0.15, -0.1) is 0 Å². The van der Waals surface area contributed by atoms with Crippen LogP contribution >= 0.6 is 15.9 Å². The number of rotatable bonds is 3. The summed E-state index contributed by atoms with van der Waals surface area (Å²) in [6, 6.07) is 7.28. The Bertz CT molecular complexity index is 988. The Balaban J connectivity index is 1.82. The van der Waals surface area contributed by atoms with E-state index in [1.807, 2.05) is 16.7 Å². The van der Waals surface area contributed by atoms with Gasteiger partial charge in [-0.25, -0.2) is 0 Å². The summed E-state index contributed by atoms with van der Waals surface area (Å²) >= 11 is 3.37. The van der Waals surface area contributed by atoms with E-state index in [0.717, 1.165) is 41.4 Å². The standard InChI is InChI=1S/C17H15BrN4O2/c18-12-7-5-11(6-8-12)15(23)9-21-14-4-2-1-3-13(14)16(24)22-17(21)19-10-20-22/h5-8,10H,1-4,9H2. The van der Waals surface area contributed by atoms with Crippen LogP contribution in [0.1, 0.15) is 34.5 Å². The molecule has 1 aliphatic rings. The average Bonchev–Trinajstić information content (AvgIpc) is 3.09. The Morgan fingerprint density at radius 1 is 1.17 bits per heavy atom. The molecule has 0 bridgehead atoms. The Morgan fingerprint density at radius 2 is 1.92 bits per heavy atom. The van der Waals surface area contributed by atoms with E-state index < -0.39 is 0 Å². The van der Waals surface area contributed by atoms with Crippen molar-refractivity contribution in [3.63, 3.8) is 0 Å². The molecule has 0 N–H and O–H groups in total. The second-order valence-electron chi connectivity index (χ2n) is 5.93. The minimum Gasteiger partial charge on any atom is -0.306 e. The van der Waals surface area contributed by atoms with Crippen LogP contribution in [0.3, 0.4) is 0 Å². The van der Waals surface area contributed by atoms with E-state index in [4.69, 9.17) is 0 Å². The lowest BCUT2D eigenvalue weighted by molar-refractivity contribution is 0.0971. The fourth-order valence-electron chi connectivity index (χ4n) is 3.27. The lowest BCUT2D eigenvalue weighted by Gasteiger charge is -2.21. The van der Waals surface area contributed by atoms with Gasteiger partial charge in [0.1, 0.15) is 6.33 Å². The van der Waals surface area contributed by atoms with Crippen molar-refractivity contribution in [1.29, 1.82) is 0 Å². The predicted octanol–water partition coefficient (Wildman–Crippen LogP) is 2.42. The van der Waals surface area contributed by atoms with Crippen molar-refractivity contribution in [2.45, 2.75) is 32.2 Å². The van der Waals surface area contributed by atoms with Gasteiger partial charge >= 0.3 is 0 Å². The number of benzene rings is 1. The number of halogens is 1. The molecule has 122 valence electrons. The molecule has 0 aliphatic heterocycles. The molecule has 0 fully saturated rings. The fourth-order valence-corrected chi connectivity index (χ4v) is 3.53. The smallest absolute Gasteiger partial charge is 0.279 e. The molecule has 0 atom stereocenters. The Hall–Kier alpha value is -2.28. The van der Waals surface area contributed by atoms with Gasteiger partial charge in [0.05, 0.1) is 6.54 Å². The third kappa shape index (κ3) is 2.49. The largest absolute Gasteiger partial charge is 0.306 e. The molecule has 0 spiro atoms. The first-order chi connectivity index (χ1) is 11.6. The minimum absolute atomic E-state index is 0.0103. The summed E-state index contributed by atoms with van der Waals surface area (Å²) in [6.07, 6.45) is 4.90. The first-order valence-electron chi connectivity index (χ1n) is 7.88. The van der Waals surface area contributed by atoms with Crippen molar-refractivity contribution < 1.29 is 4.79 Å². The predicted molar refractivity (Wildman–Crippen MR) is 92.4 cm³/mol. The number of hydrogen-bond acceptors (Lipinski definition) is 4. The van der Waals surface area contributed by atoms with Gasteiger partial charge in [-0.3, -0.25) is 9.59 Å². The molecule has 1 aliphatic carbocycles. The lowest BCUT2D eigenvalue weighted by atomic mass is 9.96. The highest BCUT2D eigenvalue weighted by Gasteiger charge is 2.22. The summed E-state index contributed by atoms with van der Waals surface area (Å²) in [4.78, 5) is 29.4. The highest BCUT2D eigenvalue weighted by molar-refractivity contribution is 9.10. The molecule has 6 nitrogen and oxygen atoms in total. The molecule has 24 heavy (non-hydrogen) atoms. The maximum absolute atomic E-state index is 12.7. The van der Waals surface area contributed by atoms with E-state index >= 15 is 0 Å². The molecule has 3 aromatic rings. The maximum atomic E-state index is 12.7. The zero-order chi connectivity index (χ0) is 16.7. The number of carbonyl (C=O) groups is 1. The molecule has 0 saturated heterocycles. The van der Waals surface area contributed by atoms with Gasteiger partial charge in [0.15, 0.2) is 5.78 Å². The van der Waals surface area contributed by atoms with E-state index in [1.54, 1.807) is 12.1 Å². The molecule has 0 radical (unpaired) electrons. The minimum atomic E-state index is -0.107. The molecule has 0 amide bonds. The maximum Gasteiger partial charge on any atom is 0.279 e. The third-order valence-electron chi connectivity index (χ3n) is 4.45. The topological polar surface area (TPSA) is 69.3 Å². The van der Waals surface area contributed by atoms with Gasteiger partial charge in [-0.1, -0.05) is 28.1 Å². The fraction of sp³-hybridized carbons (Fsp3) is 0.294. The SMILES string of the molecule is O=C(Cn1c2c(c(=O)n3ncnc13)CCCC2)c1ccc(Br)cc1. The number of carbonyl (C=O) groups excluding carboxylic acids is 1. The van der Waals surface area contributed by atoms with Crippen molar-refractivity contribution in [2.75, 3.05) is 0 Å². The molecule has 0 unspecified atom stereocenters. The molecule has 2 heterocycles. The highest BCUT2D eigenvalue weighted by Crippen LogP contribution is 2.20. The quantitative estimate of drug-likeness (QED) is 0.648. The van der Waals surface area contributed by atoms with Crippen LogP contribution in [0.5, 0.6) is 0 Å².